The van der Waals surface area contributed by atoms with E-state index in [2.05, 4.69) is 20.3 Å². The van der Waals surface area contributed by atoms with Gasteiger partial charge in [0.15, 0.2) is 5.69 Å². The topological polar surface area (TPSA) is 167 Å². The van der Waals surface area contributed by atoms with Crippen LogP contribution < -0.4 is 10.1 Å². The summed E-state index contributed by atoms with van der Waals surface area (Å²) in [5.41, 5.74) is -0.116. The zero-order valence-electron chi connectivity index (χ0n) is 15.2. The molecule has 3 rings (SSSR count). The van der Waals surface area contributed by atoms with Crippen molar-refractivity contribution in [2.24, 2.45) is 5.92 Å². The molecule has 0 unspecified atom stereocenters. The van der Waals surface area contributed by atoms with Gasteiger partial charge in [0.25, 0.3) is 0 Å². The van der Waals surface area contributed by atoms with E-state index in [4.69, 9.17) is 15.1 Å². The summed E-state index contributed by atoms with van der Waals surface area (Å²) < 4.78 is 5.68. The number of carbonyl (C=O) groups is 1. The largest absolute Gasteiger partial charge is 0.486 e. The lowest BCUT2D eigenvalue weighted by atomic mass is 9.98. The molecule has 0 aromatic carbocycles. The first-order valence-corrected chi connectivity index (χ1v) is 8.70. The highest BCUT2D eigenvalue weighted by Gasteiger charge is 2.24. The molecule has 1 aliphatic heterocycles. The number of nitro groups is 1. The molecule has 2 N–H and O–H groups in total. The van der Waals surface area contributed by atoms with Crippen molar-refractivity contribution in [1.82, 2.24) is 19.9 Å². The lowest BCUT2D eigenvalue weighted by Gasteiger charge is -2.29. The highest BCUT2D eigenvalue weighted by molar-refractivity contribution is 5.65. The molecule has 0 atom stereocenters. The van der Waals surface area contributed by atoms with E-state index in [9.17, 15) is 14.9 Å². The van der Waals surface area contributed by atoms with Crippen LogP contribution in [-0.4, -0.2) is 55.7 Å². The van der Waals surface area contributed by atoms with Crippen molar-refractivity contribution in [3.63, 3.8) is 0 Å². The van der Waals surface area contributed by atoms with Crippen LogP contribution in [0.1, 0.15) is 18.5 Å². The van der Waals surface area contributed by atoms with E-state index in [0.717, 1.165) is 6.20 Å². The van der Waals surface area contributed by atoms with E-state index in [1.165, 1.54) is 23.4 Å². The van der Waals surface area contributed by atoms with Crippen LogP contribution in [0.15, 0.2) is 24.7 Å². The molecule has 29 heavy (non-hydrogen) atoms. The van der Waals surface area contributed by atoms with Crippen LogP contribution in [0.4, 0.5) is 22.1 Å². The fraction of sp³-hybridized carbons (Fsp3) is 0.353. The second-order valence-corrected chi connectivity index (χ2v) is 6.34. The minimum absolute atomic E-state index is 0.0507. The molecule has 150 valence electrons. The highest BCUT2D eigenvalue weighted by Crippen LogP contribution is 2.30. The number of anilines is 2. The number of pyridine rings is 1. The van der Waals surface area contributed by atoms with Gasteiger partial charge >= 0.3 is 11.8 Å². The highest BCUT2D eigenvalue weighted by atomic mass is 16.6. The van der Waals surface area contributed by atoms with Crippen molar-refractivity contribution in [2.75, 3.05) is 25.0 Å². The normalized spacial score (nSPS) is 14.1. The fourth-order valence-corrected chi connectivity index (χ4v) is 2.83. The maximum atomic E-state index is 11.3. The Balaban J connectivity index is 1.68. The monoisotopic (exact) mass is 399 g/mol. The molecule has 12 nitrogen and oxygen atoms in total. The summed E-state index contributed by atoms with van der Waals surface area (Å²) in [6, 6.07) is 3.25. The third kappa shape index (κ3) is 5.04. The molecule has 1 saturated heterocycles. The summed E-state index contributed by atoms with van der Waals surface area (Å²) in [7, 11) is 0. The minimum atomic E-state index is -0.948. The Hall–Kier alpha value is -4.01. The molecule has 1 fully saturated rings. The molecule has 1 amide bonds. The quantitative estimate of drug-likeness (QED) is 0.542. The second-order valence-electron chi connectivity index (χ2n) is 6.34. The van der Waals surface area contributed by atoms with Crippen molar-refractivity contribution in [2.45, 2.75) is 12.8 Å². The summed E-state index contributed by atoms with van der Waals surface area (Å²) in [6.45, 7) is 1.05. The van der Waals surface area contributed by atoms with E-state index in [1.54, 1.807) is 0 Å². The summed E-state index contributed by atoms with van der Waals surface area (Å²) in [4.78, 5) is 34.9. The Morgan fingerprint density at radius 1 is 1.31 bits per heavy atom. The maximum absolute atomic E-state index is 11.3. The van der Waals surface area contributed by atoms with Crippen LogP contribution in [0.5, 0.6) is 5.75 Å². The number of nitrogens with one attached hydrogen (secondary N) is 1. The fourth-order valence-electron chi connectivity index (χ4n) is 2.83. The summed E-state index contributed by atoms with van der Waals surface area (Å²) >= 11 is 0. The number of carboxylic acid groups (broad SMARTS) is 1. The van der Waals surface area contributed by atoms with E-state index in [0.29, 0.717) is 31.7 Å². The summed E-state index contributed by atoms with van der Waals surface area (Å²) in [5.74, 6) is 0.733. The Morgan fingerprint density at radius 3 is 2.62 bits per heavy atom. The molecule has 2 aromatic heterocycles. The predicted octanol–water partition coefficient (Wildman–Crippen LogP) is 2.16. The van der Waals surface area contributed by atoms with E-state index in [-0.39, 0.29) is 35.5 Å². The zero-order valence-corrected chi connectivity index (χ0v) is 15.2. The number of hydrogen-bond acceptors (Lipinski definition) is 9. The van der Waals surface area contributed by atoms with Crippen LogP contribution in [0.25, 0.3) is 0 Å². The second kappa shape index (κ2) is 8.79. The van der Waals surface area contributed by atoms with Gasteiger partial charge in [-0.05, 0) is 18.8 Å². The van der Waals surface area contributed by atoms with Crippen molar-refractivity contribution in [1.29, 1.82) is 5.26 Å². The van der Waals surface area contributed by atoms with Gasteiger partial charge in [-0.2, -0.15) is 5.26 Å². The molecule has 0 bridgehead atoms. The first-order chi connectivity index (χ1) is 14.0. The van der Waals surface area contributed by atoms with Gasteiger partial charge in [-0.3, -0.25) is 10.1 Å². The lowest BCUT2D eigenvalue weighted by molar-refractivity contribution is -0.386. The smallest absolute Gasteiger partial charge is 0.407 e. The van der Waals surface area contributed by atoms with Crippen molar-refractivity contribution in [3.8, 4) is 11.8 Å². The standard InChI is InChI=1S/C17H17N7O5/c18-6-12-7-20-16(9-19-12)22-15-5-14(13(8-21-15)24(27)28)29-10-11-1-3-23(4-2-11)17(25)26/h5,7-9,11H,1-4,10H2,(H,25,26)(H,20,21,22). The Kier molecular flexibility index (Phi) is 5.98. The molecule has 3 heterocycles. The number of likely N-dealkylation sites (tertiary alicyclic amines) is 1. The number of aromatic nitrogens is 3. The summed E-state index contributed by atoms with van der Waals surface area (Å²) in [5, 5.41) is 31.9. The Labute approximate surface area is 164 Å². The molecular weight excluding hydrogens is 382 g/mol. The Morgan fingerprint density at radius 2 is 2.03 bits per heavy atom. The van der Waals surface area contributed by atoms with Crippen LogP contribution >= 0.6 is 0 Å². The van der Waals surface area contributed by atoms with Crippen LogP contribution in [0.3, 0.4) is 0 Å². The molecule has 0 radical (unpaired) electrons. The van der Waals surface area contributed by atoms with Crippen molar-refractivity contribution in [3.05, 3.63) is 40.5 Å². The number of rotatable bonds is 6. The number of ether oxygens (including phenoxy) is 1. The molecule has 12 heteroatoms. The average Bonchev–Trinajstić information content (AvgIpc) is 2.73. The van der Waals surface area contributed by atoms with E-state index < -0.39 is 11.0 Å². The third-order valence-corrected chi connectivity index (χ3v) is 4.42. The van der Waals surface area contributed by atoms with Gasteiger partial charge in [-0.1, -0.05) is 0 Å². The molecule has 2 aromatic rings. The van der Waals surface area contributed by atoms with Crippen molar-refractivity contribution < 1.29 is 19.6 Å². The van der Waals surface area contributed by atoms with Gasteiger partial charge in [0.2, 0.25) is 5.75 Å². The summed E-state index contributed by atoms with van der Waals surface area (Å²) in [6.07, 6.45) is 4.01. The van der Waals surface area contributed by atoms with Crippen LogP contribution in [0, 0.1) is 27.4 Å². The first kappa shape index (κ1) is 19.7. The molecule has 0 aliphatic carbocycles. The molecule has 0 saturated carbocycles. The Bertz CT molecular complexity index is 936. The predicted molar refractivity (Wildman–Crippen MR) is 98.7 cm³/mol. The maximum Gasteiger partial charge on any atom is 0.407 e. The van der Waals surface area contributed by atoms with Crippen LogP contribution in [0.2, 0.25) is 0 Å². The first-order valence-electron chi connectivity index (χ1n) is 8.70. The average molecular weight is 399 g/mol. The number of nitrogens with zero attached hydrogens (tertiary/aromatic N) is 6. The van der Waals surface area contributed by atoms with Crippen molar-refractivity contribution >= 4 is 23.4 Å². The zero-order chi connectivity index (χ0) is 20.8. The van der Waals surface area contributed by atoms with Crippen LogP contribution in [-0.2, 0) is 0 Å². The third-order valence-electron chi connectivity index (χ3n) is 4.42. The number of nitriles is 1. The van der Waals surface area contributed by atoms with Gasteiger partial charge in [-0.25, -0.2) is 19.7 Å². The van der Waals surface area contributed by atoms with Gasteiger partial charge in [0, 0.05) is 19.2 Å². The van der Waals surface area contributed by atoms with Gasteiger partial charge in [-0.15, -0.1) is 0 Å². The van der Waals surface area contributed by atoms with Gasteiger partial charge in [0.1, 0.15) is 23.9 Å². The lowest BCUT2D eigenvalue weighted by Crippen LogP contribution is -2.38. The van der Waals surface area contributed by atoms with E-state index in [1.807, 2.05) is 6.07 Å². The van der Waals surface area contributed by atoms with Gasteiger partial charge in [0.05, 0.1) is 23.9 Å². The molecule has 1 aliphatic rings. The minimum Gasteiger partial charge on any atom is -0.486 e. The van der Waals surface area contributed by atoms with E-state index >= 15 is 0 Å². The number of amides is 1. The molecular formula is C17H17N7O5. The molecule has 0 spiro atoms. The van der Waals surface area contributed by atoms with Gasteiger partial charge < -0.3 is 20.1 Å². The SMILES string of the molecule is N#Cc1cnc(Nc2cc(OCC3CCN(C(=O)O)CC3)c([N+](=O)[O-])cn2)cn1. The number of hydrogen-bond donors (Lipinski definition) is 2. The number of piperidine rings is 1.